The molecule has 0 bridgehead atoms. The van der Waals surface area contributed by atoms with E-state index in [1.807, 2.05) is 31.2 Å². The van der Waals surface area contributed by atoms with Crippen LogP contribution < -0.4 is 10.9 Å². The highest BCUT2D eigenvalue weighted by molar-refractivity contribution is 7.13. The molecule has 0 radical (unpaired) electrons. The van der Waals surface area contributed by atoms with E-state index in [0.29, 0.717) is 27.0 Å². The summed E-state index contributed by atoms with van der Waals surface area (Å²) in [6.07, 6.45) is 1.63. The van der Waals surface area contributed by atoms with Gasteiger partial charge in [0.25, 0.3) is 5.91 Å². The minimum atomic E-state index is -0.345. The number of aryl methyl sites for hydroxylation is 1. The molecular formula is C20H14ClN3O2S. The van der Waals surface area contributed by atoms with Gasteiger partial charge < -0.3 is 4.42 Å². The number of nitrogens with one attached hydrogen (secondary N) is 1. The molecule has 0 saturated carbocycles. The first-order valence-electron chi connectivity index (χ1n) is 8.14. The number of carbonyl (C=O) groups excluding carboxylic acids is 1. The summed E-state index contributed by atoms with van der Waals surface area (Å²) in [5.41, 5.74) is 2.90. The van der Waals surface area contributed by atoms with E-state index < -0.39 is 0 Å². The summed E-state index contributed by atoms with van der Waals surface area (Å²) in [4.78, 5) is 21.5. The molecule has 1 amide bonds. The van der Waals surface area contributed by atoms with Crippen molar-refractivity contribution in [2.75, 3.05) is 5.32 Å². The van der Waals surface area contributed by atoms with Gasteiger partial charge in [0, 0.05) is 22.0 Å². The molecule has 0 aliphatic heterocycles. The second kappa shape index (κ2) is 7.34. The van der Waals surface area contributed by atoms with Gasteiger partial charge in [-0.3, -0.25) is 10.1 Å². The van der Waals surface area contributed by atoms with E-state index >= 15 is 0 Å². The van der Waals surface area contributed by atoms with Gasteiger partial charge in [-0.1, -0.05) is 23.7 Å². The van der Waals surface area contributed by atoms with Gasteiger partial charge in [0.2, 0.25) is 5.55 Å². The molecule has 27 heavy (non-hydrogen) atoms. The SMILES string of the molecule is Cc1cccc(N=c2oc3ccc(Cl)cc3cc2C(=O)Nc2nccs2)c1. The van der Waals surface area contributed by atoms with Gasteiger partial charge in [-0.15, -0.1) is 11.3 Å². The van der Waals surface area contributed by atoms with E-state index in [0.717, 1.165) is 10.9 Å². The molecule has 1 N–H and O–H groups in total. The first kappa shape index (κ1) is 17.5. The lowest BCUT2D eigenvalue weighted by Gasteiger charge is -2.05. The maximum absolute atomic E-state index is 12.8. The number of fused-ring (bicyclic) bond motifs is 1. The maximum atomic E-state index is 12.8. The van der Waals surface area contributed by atoms with Gasteiger partial charge in [-0.25, -0.2) is 9.98 Å². The van der Waals surface area contributed by atoms with Crippen LogP contribution >= 0.6 is 22.9 Å². The average Bonchev–Trinajstić information content (AvgIpc) is 3.14. The number of hydrogen-bond donors (Lipinski definition) is 1. The summed E-state index contributed by atoms with van der Waals surface area (Å²) in [6, 6.07) is 14.6. The molecule has 0 aliphatic carbocycles. The highest BCUT2D eigenvalue weighted by atomic mass is 35.5. The Morgan fingerprint density at radius 1 is 1.22 bits per heavy atom. The molecule has 2 heterocycles. The zero-order valence-electron chi connectivity index (χ0n) is 14.3. The van der Waals surface area contributed by atoms with E-state index in [1.54, 1.807) is 35.8 Å². The van der Waals surface area contributed by atoms with Gasteiger partial charge >= 0.3 is 0 Å². The van der Waals surface area contributed by atoms with Crippen molar-refractivity contribution in [1.82, 2.24) is 4.98 Å². The highest BCUT2D eigenvalue weighted by Gasteiger charge is 2.14. The molecule has 0 saturated heterocycles. The first-order chi connectivity index (χ1) is 13.1. The lowest BCUT2D eigenvalue weighted by Crippen LogP contribution is -2.21. The fraction of sp³-hybridized carbons (Fsp3) is 0.0500. The molecule has 7 heteroatoms. The fourth-order valence-electron chi connectivity index (χ4n) is 2.61. The summed E-state index contributed by atoms with van der Waals surface area (Å²) in [5.74, 6) is -0.345. The average molecular weight is 396 g/mol. The molecule has 4 aromatic rings. The summed E-state index contributed by atoms with van der Waals surface area (Å²) < 4.78 is 5.93. The summed E-state index contributed by atoms with van der Waals surface area (Å²) in [5, 5.41) is 6.35. The third-order valence-electron chi connectivity index (χ3n) is 3.84. The van der Waals surface area contributed by atoms with Crippen molar-refractivity contribution in [2.24, 2.45) is 4.99 Å². The predicted molar refractivity (Wildman–Crippen MR) is 108 cm³/mol. The van der Waals surface area contributed by atoms with Crippen molar-refractivity contribution in [3.63, 3.8) is 0 Å². The van der Waals surface area contributed by atoms with Crippen LogP contribution in [-0.2, 0) is 0 Å². The lowest BCUT2D eigenvalue weighted by atomic mass is 10.1. The predicted octanol–water partition coefficient (Wildman–Crippen LogP) is 5.34. The van der Waals surface area contributed by atoms with Crippen molar-refractivity contribution in [2.45, 2.75) is 6.92 Å². The number of nitrogens with zero attached hydrogens (tertiary/aromatic N) is 2. The molecule has 4 rings (SSSR count). The Hall–Kier alpha value is -2.96. The van der Waals surface area contributed by atoms with Crippen LogP contribution in [0.15, 0.2) is 69.5 Å². The number of rotatable bonds is 3. The molecule has 5 nitrogen and oxygen atoms in total. The van der Waals surface area contributed by atoms with Crippen LogP contribution in [0.1, 0.15) is 15.9 Å². The number of amides is 1. The maximum Gasteiger partial charge on any atom is 0.262 e. The Bertz CT molecular complexity index is 1200. The van der Waals surface area contributed by atoms with Crippen molar-refractivity contribution in [1.29, 1.82) is 0 Å². The smallest absolute Gasteiger partial charge is 0.262 e. The van der Waals surface area contributed by atoms with Crippen LogP contribution in [0, 0.1) is 6.92 Å². The highest BCUT2D eigenvalue weighted by Crippen LogP contribution is 2.21. The quantitative estimate of drug-likeness (QED) is 0.509. The topological polar surface area (TPSA) is 67.5 Å². The minimum absolute atomic E-state index is 0.226. The van der Waals surface area contributed by atoms with E-state index in [4.69, 9.17) is 16.0 Å². The molecule has 2 aromatic heterocycles. The Kier molecular flexibility index (Phi) is 4.75. The number of benzene rings is 2. The molecule has 0 spiro atoms. The number of aromatic nitrogens is 1. The van der Waals surface area contributed by atoms with Crippen LogP contribution in [0.5, 0.6) is 0 Å². The van der Waals surface area contributed by atoms with Crippen molar-refractivity contribution >= 4 is 50.6 Å². The molecule has 134 valence electrons. The van der Waals surface area contributed by atoms with Gasteiger partial charge in [0.15, 0.2) is 5.13 Å². The van der Waals surface area contributed by atoms with Crippen LogP contribution in [0.3, 0.4) is 0 Å². The lowest BCUT2D eigenvalue weighted by molar-refractivity contribution is 0.102. The minimum Gasteiger partial charge on any atom is -0.438 e. The van der Waals surface area contributed by atoms with E-state index in [2.05, 4.69) is 15.3 Å². The normalized spacial score (nSPS) is 11.7. The number of thiazole rings is 1. The Morgan fingerprint density at radius 2 is 2.11 bits per heavy atom. The van der Waals surface area contributed by atoms with E-state index in [9.17, 15) is 4.79 Å². The van der Waals surface area contributed by atoms with Crippen LogP contribution in [-0.4, -0.2) is 10.9 Å². The van der Waals surface area contributed by atoms with Gasteiger partial charge in [-0.05, 0) is 48.9 Å². The Labute approximate surface area is 164 Å². The molecule has 2 aromatic carbocycles. The second-order valence-electron chi connectivity index (χ2n) is 5.89. The number of anilines is 1. The summed E-state index contributed by atoms with van der Waals surface area (Å²) in [6.45, 7) is 1.98. The van der Waals surface area contributed by atoms with Gasteiger partial charge in [-0.2, -0.15) is 0 Å². The monoisotopic (exact) mass is 395 g/mol. The number of carbonyl (C=O) groups is 1. The number of halogens is 1. The Balaban J connectivity index is 1.89. The van der Waals surface area contributed by atoms with Gasteiger partial charge in [0.1, 0.15) is 11.1 Å². The Morgan fingerprint density at radius 3 is 2.89 bits per heavy atom. The van der Waals surface area contributed by atoms with E-state index in [1.165, 1.54) is 11.3 Å². The second-order valence-corrected chi connectivity index (χ2v) is 7.22. The summed E-state index contributed by atoms with van der Waals surface area (Å²) >= 11 is 7.42. The van der Waals surface area contributed by atoms with Crippen LogP contribution in [0.25, 0.3) is 11.0 Å². The molecule has 0 atom stereocenters. The van der Waals surface area contributed by atoms with Crippen molar-refractivity contribution in [3.05, 3.63) is 81.8 Å². The first-order valence-corrected chi connectivity index (χ1v) is 9.40. The van der Waals surface area contributed by atoms with Crippen LogP contribution in [0.2, 0.25) is 5.02 Å². The number of hydrogen-bond acceptors (Lipinski definition) is 5. The zero-order chi connectivity index (χ0) is 18.8. The fourth-order valence-corrected chi connectivity index (χ4v) is 3.32. The molecule has 0 aliphatic rings. The third kappa shape index (κ3) is 3.92. The van der Waals surface area contributed by atoms with Crippen molar-refractivity contribution in [3.8, 4) is 0 Å². The van der Waals surface area contributed by atoms with Gasteiger partial charge in [0.05, 0.1) is 5.69 Å². The third-order valence-corrected chi connectivity index (χ3v) is 4.76. The molecule has 0 unspecified atom stereocenters. The molecular weight excluding hydrogens is 382 g/mol. The zero-order valence-corrected chi connectivity index (χ0v) is 15.8. The van der Waals surface area contributed by atoms with Crippen molar-refractivity contribution < 1.29 is 9.21 Å². The largest absolute Gasteiger partial charge is 0.438 e. The standard InChI is InChI=1S/C20H14ClN3O2S/c1-12-3-2-4-15(9-12)23-19-16(18(25)24-20-22-7-8-27-20)11-13-10-14(21)5-6-17(13)26-19/h2-11H,1H3,(H,22,24,25). The van der Waals surface area contributed by atoms with Crippen LogP contribution in [0.4, 0.5) is 10.8 Å². The van der Waals surface area contributed by atoms with E-state index in [-0.39, 0.29) is 11.5 Å². The molecule has 0 fully saturated rings. The summed E-state index contributed by atoms with van der Waals surface area (Å²) in [7, 11) is 0.